The van der Waals surface area contributed by atoms with E-state index in [2.05, 4.69) is 73.4 Å². The lowest BCUT2D eigenvalue weighted by Crippen LogP contribution is -2.44. The fourth-order valence-corrected chi connectivity index (χ4v) is 4.72. The van der Waals surface area contributed by atoms with Gasteiger partial charge in [-0.3, -0.25) is 0 Å². The van der Waals surface area contributed by atoms with Crippen LogP contribution in [-0.4, -0.2) is 73.3 Å². The first-order valence-corrected chi connectivity index (χ1v) is 12.6. The van der Waals surface area contributed by atoms with Crippen LogP contribution in [-0.2, 0) is 0 Å². The highest BCUT2D eigenvalue weighted by molar-refractivity contribution is 6.33. The zero-order valence-electron chi connectivity index (χ0n) is 21.4. The second kappa shape index (κ2) is 10.7. The average Bonchev–Trinajstić information content (AvgIpc) is 3.33. The number of piperazine rings is 1. The lowest BCUT2D eigenvalue weighted by molar-refractivity contribution is 0.312. The summed E-state index contributed by atoms with van der Waals surface area (Å²) in [4.78, 5) is 20.4. The van der Waals surface area contributed by atoms with E-state index < -0.39 is 0 Å². The van der Waals surface area contributed by atoms with Gasteiger partial charge in [0.2, 0.25) is 5.95 Å². The predicted molar refractivity (Wildman–Crippen MR) is 150 cm³/mol. The lowest BCUT2D eigenvalue weighted by Gasteiger charge is -2.35. The zero-order chi connectivity index (χ0) is 25.9. The number of rotatable bonds is 7. The molecule has 0 aliphatic carbocycles. The molecule has 0 saturated carbocycles. The molecule has 2 fully saturated rings. The van der Waals surface area contributed by atoms with Crippen molar-refractivity contribution in [1.82, 2.24) is 25.2 Å². The Hall–Kier alpha value is -3.76. The van der Waals surface area contributed by atoms with E-state index in [9.17, 15) is 0 Å². The molecule has 3 aromatic rings. The zero-order valence-corrected chi connectivity index (χ0v) is 22.1. The van der Waals surface area contributed by atoms with E-state index in [1.54, 1.807) is 19.5 Å². The standard InChI is InChI=1S/C26H32ClN9O/c1-17-14-21(23(37-4)15-22(17)35-12-10-34(3)11-13-35)32-26-30-16-19(27)24(33-26)31-20-6-5-7-29-25(20)36-9-8-28-18(36)2/h5-7,14-16,28H,2,8-13H2,1,3-4H3,(H2,30,31,32,33). The van der Waals surface area contributed by atoms with Crippen molar-refractivity contribution in [2.45, 2.75) is 6.92 Å². The molecule has 2 aliphatic rings. The highest BCUT2D eigenvalue weighted by atomic mass is 35.5. The SMILES string of the molecule is C=C1NCCN1c1ncccc1Nc1nc(Nc2cc(C)c(N3CCN(C)CC3)cc2OC)ncc1Cl. The Morgan fingerprint density at radius 3 is 2.62 bits per heavy atom. The Morgan fingerprint density at radius 1 is 1.08 bits per heavy atom. The molecule has 3 N–H and O–H groups in total. The van der Waals surface area contributed by atoms with Crippen LogP contribution in [0, 0.1) is 6.92 Å². The molecule has 0 atom stereocenters. The number of hydrogen-bond acceptors (Lipinski definition) is 10. The molecule has 1 aromatic carbocycles. The first-order valence-electron chi connectivity index (χ1n) is 12.3. The van der Waals surface area contributed by atoms with Crippen LogP contribution < -0.4 is 30.5 Å². The fraction of sp³-hybridized carbons (Fsp3) is 0.346. The van der Waals surface area contributed by atoms with Gasteiger partial charge in [0.15, 0.2) is 11.6 Å². The number of aromatic nitrogens is 3. The Morgan fingerprint density at radius 2 is 1.89 bits per heavy atom. The van der Waals surface area contributed by atoms with Crippen molar-refractivity contribution < 1.29 is 4.74 Å². The van der Waals surface area contributed by atoms with E-state index in [1.807, 2.05) is 17.0 Å². The van der Waals surface area contributed by atoms with Crippen LogP contribution in [0.2, 0.25) is 5.02 Å². The summed E-state index contributed by atoms with van der Waals surface area (Å²) in [5, 5.41) is 10.3. The maximum atomic E-state index is 6.48. The second-order valence-electron chi connectivity index (χ2n) is 9.17. The minimum Gasteiger partial charge on any atom is -0.494 e. The van der Waals surface area contributed by atoms with Gasteiger partial charge in [-0.05, 0) is 37.7 Å². The maximum Gasteiger partial charge on any atom is 0.229 e. The molecule has 2 aliphatic heterocycles. The highest BCUT2D eigenvalue weighted by Crippen LogP contribution is 2.36. The summed E-state index contributed by atoms with van der Waals surface area (Å²) >= 11 is 6.48. The van der Waals surface area contributed by atoms with Crippen molar-refractivity contribution in [3.05, 3.63) is 59.6 Å². The third kappa shape index (κ3) is 5.35. The number of hydrogen-bond donors (Lipinski definition) is 3. The van der Waals surface area contributed by atoms with Crippen LogP contribution >= 0.6 is 11.6 Å². The van der Waals surface area contributed by atoms with Crippen molar-refractivity contribution >= 4 is 46.2 Å². The van der Waals surface area contributed by atoms with Crippen molar-refractivity contribution in [1.29, 1.82) is 0 Å². The van der Waals surface area contributed by atoms with E-state index in [4.69, 9.17) is 16.3 Å². The van der Waals surface area contributed by atoms with Gasteiger partial charge in [0, 0.05) is 57.2 Å². The number of benzene rings is 1. The first-order chi connectivity index (χ1) is 17.9. The summed E-state index contributed by atoms with van der Waals surface area (Å²) in [5.74, 6) is 3.14. The van der Waals surface area contributed by atoms with Gasteiger partial charge in [0.05, 0.1) is 30.5 Å². The number of ether oxygens (including phenoxy) is 1. The third-order valence-electron chi connectivity index (χ3n) is 6.64. The summed E-state index contributed by atoms with van der Waals surface area (Å²) in [6.07, 6.45) is 3.32. The Labute approximate surface area is 222 Å². The van der Waals surface area contributed by atoms with Gasteiger partial charge in [0.25, 0.3) is 0 Å². The quantitative estimate of drug-likeness (QED) is 0.424. The lowest BCUT2D eigenvalue weighted by atomic mass is 10.1. The van der Waals surface area contributed by atoms with Crippen molar-refractivity contribution in [3.8, 4) is 5.75 Å². The van der Waals surface area contributed by atoms with Crippen molar-refractivity contribution in [2.24, 2.45) is 0 Å². The molecule has 0 unspecified atom stereocenters. The molecule has 4 heterocycles. The van der Waals surface area contributed by atoms with Gasteiger partial charge in [-0.2, -0.15) is 4.98 Å². The first kappa shape index (κ1) is 24.9. The van der Waals surface area contributed by atoms with Gasteiger partial charge in [-0.25, -0.2) is 9.97 Å². The molecular weight excluding hydrogens is 490 g/mol. The van der Waals surface area contributed by atoms with E-state index in [0.717, 1.165) is 73.6 Å². The highest BCUT2D eigenvalue weighted by Gasteiger charge is 2.22. The molecule has 0 amide bonds. The maximum absolute atomic E-state index is 6.48. The van der Waals surface area contributed by atoms with Crippen molar-refractivity contribution in [2.75, 3.05) is 73.9 Å². The fourth-order valence-electron chi connectivity index (χ4n) is 4.58. The van der Waals surface area contributed by atoms with Gasteiger partial charge >= 0.3 is 0 Å². The number of methoxy groups -OCH3 is 1. The van der Waals surface area contributed by atoms with Gasteiger partial charge in [-0.15, -0.1) is 0 Å². The molecule has 0 spiro atoms. The summed E-state index contributed by atoms with van der Waals surface area (Å²) in [7, 11) is 3.83. The van der Waals surface area contributed by atoms with Crippen LogP contribution in [0.3, 0.4) is 0 Å². The van der Waals surface area contributed by atoms with Crippen LogP contribution in [0.4, 0.5) is 34.6 Å². The molecule has 0 bridgehead atoms. The number of nitrogens with zero attached hydrogens (tertiary/aromatic N) is 6. The van der Waals surface area contributed by atoms with E-state index in [0.29, 0.717) is 16.8 Å². The van der Waals surface area contributed by atoms with Crippen LogP contribution in [0.15, 0.2) is 49.1 Å². The molecule has 37 heavy (non-hydrogen) atoms. The smallest absolute Gasteiger partial charge is 0.229 e. The molecular formula is C26H32ClN9O. The predicted octanol–water partition coefficient (Wildman–Crippen LogP) is 3.96. The summed E-state index contributed by atoms with van der Waals surface area (Å²) < 4.78 is 5.73. The number of anilines is 6. The van der Waals surface area contributed by atoms with Gasteiger partial charge in [-0.1, -0.05) is 18.2 Å². The molecule has 2 aromatic heterocycles. The Kier molecular flexibility index (Phi) is 7.20. The molecule has 0 radical (unpaired) electrons. The monoisotopic (exact) mass is 521 g/mol. The molecule has 194 valence electrons. The number of halogens is 1. The Bertz CT molecular complexity index is 1290. The van der Waals surface area contributed by atoms with Gasteiger partial charge in [0.1, 0.15) is 10.8 Å². The summed E-state index contributed by atoms with van der Waals surface area (Å²) in [6.45, 7) is 11.8. The number of likely N-dealkylation sites (N-methyl/N-ethyl adjacent to an activating group) is 1. The minimum atomic E-state index is 0.396. The molecule has 11 heteroatoms. The molecule has 5 rings (SSSR count). The summed E-state index contributed by atoms with van der Waals surface area (Å²) in [5.41, 5.74) is 3.88. The molecule has 10 nitrogen and oxygen atoms in total. The number of aryl methyl sites for hydroxylation is 1. The average molecular weight is 522 g/mol. The number of nitrogens with one attached hydrogen (secondary N) is 3. The molecule has 2 saturated heterocycles. The topological polar surface area (TPSA) is 93.7 Å². The van der Waals surface area contributed by atoms with Crippen LogP contribution in [0.5, 0.6) is 5.75 Å². The van der Waals surface area contributed by atoms with E-state index >= 15 is 0 Å². The van der Waals surface area contributed by atoms with E-state index in [1.165, 1.54) is 5.69 Å². The van der Waals surface area contributed by atoms with Crippen molar-refractivity contribution in [3.63, 3.8) is 0 Å². The van der Waals surface area contributed by atoms with E-state index in [-0.39, 0.29) is 0 Å². The van der Waals surface area contributed by atoms with Crippen LogP contribution in [0.1, 0.15) is 5.56 Å². The number of pyridine rings is 1. The van der Waals surface area contributed by atoms with Gasteiger partial charge < -0.3 is 35.4 Å². The largest absolute Gasteiger partial charge is 0.494 e. The Balaban J connectivity index is 1.39. The second-order valence-corrected chi connectivity index (χ2v) is 9.58. The van der Waals surface area contributed by atoms with Crippen LogP contribution in [0.25, 0.3) is 0 Å². The minimum absolute atomic E-state index is 0.396. The normalized spacial score (nSPS) is 16.1. The summed E-state index contributed by atoms with van der Waals surface area (Å²) in [6, 6.07) is 7.95. The third-order valence-corrected chi connectivity index (χ3v) is 6.91.